The lowest BCUT2D eigenvalue weighted by atomic mass is 9.68. The molecule has 1 saturated heterocycles. The van der Waals surface area contributed by atoms with Gasteiger partial charge in [-0.2, -0.15) is 0 Å². The first kappa shape index (κ1) is 18.0. The summed E-state index contributed by atoms with van der Waals surface area (Å²) in [5.41, 5.74) is 5.85. The molecular weight excluding hydrogens is 359 g/mol. The van der Waals surface area contributed by atoms with Gasteiger partial charge in [0.05, 0.1) is 25.4 Å². The van der Waals surface area contributed by atoms with Gasteiger partial charge in [0.25, 0.3) is 0 Å². The van der Waals surface area contributed by atoms with E-state index in [9.17, 15) is 24.7 Å². The van der Waals surface area contributed by atoms with Crippen molar-refractivity contribution in [3.63, 3.8) is 0 Å². The van der Waals surface area contributed by atoms with Gasteiger partial charge in [-0.1, -0.05) is 18.3 Å². The second-order valence-corrected chi connectivity index (χ2v) is 7.32. The van der Waals surface area contributed by atoms with Gasteiger partial charge in [0, 0.05) is 0 Å². The average molecular weight is 379 g/mol. The van der Waals surface area contributed by atoms with Crippen LogP contribution in [0.1, 0.15) is 28.3 Å². The predicted molar refractivity (Wildman–Crippen MR) is 91.4 cm³/mol. The highest BCUT2D eigenvalue weighted by molar-refractivity contribution is 6.62. The van der Waals surface area contributed by atoms with Gasteiger partial charge in [-0.25, -0.2) is 4.79 Å². The Morgan fingerprint density at radius 2 is 2.07 bits per heavy atom. The minimum atomic E-state index is -3.10. The lowest BCUT2D eigenvalue weighted by Crippen LogP contribution is -2.60. The van der Waals surface area contributed by atoms with Crippen LogP contribution in [-0.4, -0.2) is 75.6 Å². The van der Waals surface area contributed by atoms with E-state index in [1.54, 1.807) is 6.07 Å². The van der Waals surface area contributed by atoms with E-state index in [4.69, 9.17) is 20.2 Å². The predicted octanol–water partition coefficient (Wildman–Crippen LogP) is -1.53. The van der Waals surface area contributed by atoms with Gasteiger partial charge in [0.15, 0.2) is 0 Å². The van der Waals surface area contributed by atoms with E-state index in [0.717, 1.165) is 0 Å². The largest absolute Gasteiger partial charge is 0.669 e. The third-order valence-electron chi connectivity index (χ3n) is 5.42. The first-order valence-corrected chi connectivity index (χ1v) is 8.73. The molecule has 1 saturated carbocycles. The summed E-state index contributed by atoms with van der Waals surface area (Å²) in [6, 6.07) is 2.21. The molecule has 1 aliphatic carbocycles. The van der Waals surface area contributed by atoms with E-state index < -0.39 is 43.2 Å². The molecule has 0 unspecified atom stereocenters. The number of ether oxygens (including phenoxy) is 1. The van der Waals surface area contributed by atoms with Crippen LogP contribution >= 0.6 is 0 Å². The van der Waals surface area contributed by atoms with Crippen molar-refractivity contribution in [1.82, 2.24) is 4.90 Å². The van der Waals surface area contributed by atoms with Crippen LogP contribution < -0.4 is 15.1 Å². The zero-order valence-corrected chi connectivity index (χ0v) is 14.3. The molecule has 6 N–H and O–H groups in total. The number of nitrogens with zero attached hydrogens (tertiary/aromatic N) is 1. The Labute approximate surface area is 154 Å². The summed E-state index contributed by atoms with van der Waals surface area (Å²) in [7, 11) is 0. The monoisotopic (exact) mass is 379 g/mol. The summed E-state index contributed by atoms with van der Waals surface area (Å²) >= 11 is 0. The number of nitrogens with two attached hydrogens (primary N) is 1. The maximum Gasteiger partial charge on any atom is 0.434 e. The highest BCUT2D eigenvalue weighted by Crippen LogP contribution is 2.63. The Morgan fingerprint density at radius 1 is 1.37 bits per heavy atom. The topological polar surface area (TPSA) is 163 Å². The number of amides is 1. The molecule has 0 bridgehead atoms. The van der Waals surface area contributed by atoms with Crippen molar-refractivity contribution in [1.29, 1.82) is 0 Å². The van der Waals surface area contributed by atoms with E-state index in [2.05, 4.69) is 0 Å². The van der Waals surface area contributed by atoms with Crippen molar-refractivity contribution in [2.45, 2.75) is 30.3 Å². The van der Waals surface area contributed by atoms with Crippen molar-refractivity contribution < 1.29 is 39.2 Å². The fraction of sp³-hybridized carbons (Fsp3) is 0.500. The molecular formula is C16H20BN2O8-. The summed E-state index contributed by atoms with van der Waals surface area (Å²) < 4.78 is 11.0. The Bertz CT molecular complexity index is 810. The number of fused-ring (bicyclic) bond motifs is 3. The van der Waals surface area contributed by atoms with Crippen molar-refractivity contribution in [2.75, 3.05) is 19.7 Å². The third-order valence-corrected chi connectivity index (χ3v) is 5.42. The molecule has 1 amide bonds. The van der Waals surface area contributed by atoms with Crippen LogP contribution in [0.5, 0.6) is 11.5 Å². The molecule has 4 rings (SSSR count). The maximum absolute atomic E-state index is 11.9. The van der Waals surface area contributed by atoms with E-state index in [0.29, 0.717) is 12.0 Å². The molecule has 0 radical (unpaired) electrons. The third kappa shape index (κ3) is 2.92. The number of rotatable bonds is 5. The summed E-state index contributed by atoms with van der Waals surface area (Å²) in [6.45, 7) is -3.14. The number of hydrogen-bond acceptors (Lipinski definition) is 8. The molecule has 3 atom stereocenters. The standard InChI is InChI=1S/C16H20BN2O8/c18-11(6-20)15(21)19-4-7(5-19)26-12-2-1-8-9-3-10(9)17(24,25)27-14(8)13(12)16(22)23/h1-2,7,9-11,20,24-25H,3-6,18H2,(H,22,23)/q-1/t9-,10-,11-/m1/s1. The number of carboxylic acids is 1. The molecule has 2 fully saturated rings. The Hall–Kier alpha value is -2.34. The number of carboxylic acid groups (broad SMARTS) is 1. The number of benzene rings is 1. The van der Waals surface area contributed by atoms with Crippen LogP contribution in [0.15, 0.2) is 12.1 Å². The SMILES string of the molecule is N[C@H](CO)C(=O)N1CC(Oc2ccc3c(c2C(=O)O)O[B-](O)(O)[C@@H]2C[C@H]32)C1. The van der Waals surface area contributed by atoms with Crippen molar-refractivity contribution in [3.05, 3.63) is 23.3 Å². The molecule has 1 aromatic rings. The van der Waals surface area contributed by atoms with Gasteiger partial charge >= 0.3 is 12.7 Å². The summed E-state index contributed by atoms with van der Waals surface area (Å²) in [5.74, 6) is -2.28. The van der Waals surface area contributed by atoms with Gasteiger partial charge in [-0.05, 0) is 17.5 Å². The molecule has 2 aliphatic heterocycles. The highest BCUT2D eigenvalue weighted by Gasteiger charge is 2.55. The zero-order chi connectivity index (χ0) is 19.5. The molecule has 11 heteroatoms. The molecule has 3 aliphatic rings. The second kappa shape index (κ2) is 6.09. The van der Waals surface area contributed by atoms with Gasteiger partial charge in [-0.3, -0.25) is 4.79 Å². The minimum Gasteiger partial charge on any atom is -0.669 e. The quantitative estimate of drug-likeness (QED) is 0.382. The number of carbonyl (C=O) groups excluding carboxylic acids is 1. The minimum absolute atomic E-state index is 0.0375. The van der Waals surface area contributed by atoms with Gasteiger partial charge in [-0.15, -0.1) is 0 Å². The number of carbonyl (C=O) groups is 2. The van der Waals surface area contributed by atoms with Gasteiger partial charge < -0.3 is 40.3 Å². The molecule has 27 heavy (non-hydrogen) atoms. The van der Waals surface area contributed by atoms with Crippen LogP contribution in [0.4, 0.5) is 0 Å². The molecule has 2 heterocycles. The highest BCUT2D eigenvalue weighted by atomic mass is 16.6. The molecule has 0 spiro atoms. The van der Waals surface area contributed by atoms with Crippen LogP contribution in [-0.2, 0) is 4.79 Å². The molecule has 1 aromatic carbocycles. The maximum atomic E-state index is 11.9. The Kier molecular flexibility index (Phi) is 4.07. The Morgan fingerprint density at radius 3 is 2.70 bits per heavy atom. The molecule has 0 aromatic heterocycles. The number of hydrogen-bond donors (Lipinski definition) is 5. The van der Waals surface area contributed by atoms with Crippen molar-refractivity contribution in [2.24, 2.45) is 5.73 Å². The normalized spacial score (nSPS) is 26.1. The number of likely N-dealkylation sites (tertiary alicyclic amines) is 1. The van der Waals surface area contributed by atoms with Crippen LogP contribution in [0, 0.1) is 0 Å². The van der Waals surface area contributed by atoms with Crippen molar-refractivity contribution >= 4 is 18.6 Å². The van der Waals surface area contributed by atoms with Gasteiger partial charge in [0.1, 0.15) is 23.5 Å². The van der Waals surface area contributed by atoms with E-state index >= 15 is 0 Å². The van der Waals surface area contributed by atoms with Crippen LogP contribution in [0.3, 0.4) is 0 Å². The first-order valence-electron chi connectivity index (χ1n) is 8.73. The van der Waals surface area contributed by atoms with E-state index in [1.165, 1.54) is 11.0 Å². The number of aliphatic hydroxyl groups excluding tert-OH is 1. The number of aromatic carboxylic acids is 1. The fourth-order valence-corrected chi connectivity index (χ4v) is 3.80. The average Bonchev–Trinajstić information content (AvgIpc) is 3.37. The first-order chi connectivity index (χ1) is 12.7. The number of aliphatic hydroxyl groups is 1. The van der Waals surface area contributed by atoms with E-state index in [1.807, 2.05) is 0 Å². The second-order valence-electron chi connectivity index (χ2n) is 7.32. The zero-order valence-electron chi connectivity index (χ0n) is 14.3. The Balaban J connectivity index is 1.53. The van der Waals surface area contributed by atoms with E-state index in [-0.39, 0.29) is 36.1 Å². The summed E-state index contributed by atoms with van der Waals surface area (Å²) in [6.07, 6.45) is 0.0936. The summed E-state index contributed by atoms with van der Waals surface area (Å²) in [5, 5.41) is 38.6. The van der Waals surface area contributed by atoms with Crippen molar-refractivity contribution in [3.8, 4) is 11.5 Å². The molecule has 146 valence electrons. The lowest BCUT2D eigenvalue weighted by molar-refractivity contribution is -0.142. The molecule has 10 nitrogen and oxygen atoms in total. The van der Waals surface area contributed by atoms with Gasteiger partial charge in [0.2, 0.25) is 5.91 Å². The van der Waals surface area contributed by atoms with Crippen LogP contribution in [0.25, 0.3) is 0 Å². The van der Waals surface area contributed by atoms with Crippen LogP contribution in [0.2, 0.25) is 5.82 Å². The smallest absolute Gasteiger partial charge is 0.434 e. The lowest BCUT2D eigenvalue weighted by Gasteiger charge is -2.41. The summed E-state index contributed by atoms with van der Waals surface area (Å²) in [4.78, 5) is 25.0. The fourth-order valence-electron chi connectivity index (χ4n) is 3.80.